The number of nitrogens with two attached hydrogens (primary N) is 1. The van der Waals surface area contributed by atoms with Gasteiger partial charge in [-0.15, -0.1) is 0 Å². The molecule has 0 heterocycles. The molecule has 0 aromatic heterocycles. The monoisotopic (exact) mass is 292 g/mol. The van der Waals surface area contributed by atoms with Gasteiger partial charge in [-0.1, -0.05) is 38.9 Å². The van der Waals surface area contributed by atoms with Gasteiger partial charge in [-0.3, -0.25) is 0 Å². The molecule has 0 radical (unpaired) electrons. The first-order valence-electron chi connectivity index (χ1n) is 6.56. The largest absolute Gasteiger partial charge is 0.392 e. The quantitative estimate of drug-likeness (QED) is 0.758. The van der Waals surface area contributed by atoms with E-state index in [0.29, 0.717) is 11.8 Å². The van der Waals surface area contributed by atoms with Gasteiger partial charge in [-0.2, -0.15) is 0 Å². The Labute approximate surface area is 116 Å². The van der Waals surface area contributed by atoms with Crippen LogP contribution >= 0.6 is 12.2 Å². The van der Waals surface area contributed by atoms with E-state index in [2.05, 4.69) is 18.6 Å². The van der Waals surface area contributed by atoms with Crippen molar-refractivity contribution < 1.29 is 8.42 Å². The Morgan fingerprint density at radius 1 is 1.28 bits per heavy atom. The Balaban J connectivity index is 2.78. The van der Waals surface area contributed by atoms with Gasteiger partial charge in [-0.05, 0) is 31.6 Å². The van der Waals surface area contributed by atoms with E-state index in [1.807, 2.05) is 0 Å². The van der Waals surface area contributed by atoms with Gasteiger partial charge >= 0.3 is 0 Å². The van der Waals surface area contributed by atoms with Crippen LogP contribution in [0.3, 0.4) is 0 Å². The number of hydrogen-bond acceptors (Lipinski definition) is 3. The Hall–Kier alpha value is -0.200. The normalized spacial score (nSPS) is 27.1. The van der Waals surface area contributed by atoms with Crippen LogP contribution in [0.1, 0.15) is 46.5 Å². The molecule has 0 spiro atoms. The summed E-state index contributed by atoms with van der Waals surface area (Å²) in [5.41, 5.74) is 5.43. The van der Waals surface area contributed by atoms with Crippen molar-refractivity contribution in [1.29, 1.82) is 0 Å². The summed E-state index contributed by atoms with van der Waals surface area (Å²) in [6.07, 6.45) is 4.27. The SMILES string of the molecule is CC(C)C1CCCCC1NS(=O)(=O)C(C)C(N)=S. The number of hydrogen-bond donors (Lipinski definition) is 2. The summed E-state index contributed by atoms with van der Waals surface area (Å²) in [5, 5.41) is -0.803. The zero-order chi connectivity index (χ0) is 13.9. The molecule has 1 aliphatic carbocycles. The highest BCUT2D eigenvalue weighted by molar-refractivity contribution is 7.93. The maximum absolute atomic E-state index is 12.1. The van der Waals surface area contributed by atoms with Crippen molar-refractivity contribution in [3.63, 3.8) is 0 Å². The summed E-state index contributed by atoms with van der Waals surface area (Å²) >= 11 is 4.77. The van der Waals surface area contributed by atoms with Crippen molar-refractivity contribution in [2.24, 2.45) is 17.6 Å². The van der Waals surface area contributed by atoms with Gasteiger partial charge in [0, 0.05) is 6.04 Å². The number of nitrogens with one attached hydrogen (secondary N) is 1. The van der Waals surface area contributed by atoms with Crippen LogP contribution < -0.4 is 10.5 Å². The van der Waals surface area contributed by atoms with Crippen LogP contribution in [-0.4, -0.2) is 24.7 Å². The van der Waals surface area contributed by atoms with Crippen LogP contribution in [0.4, 0.5) is 0 Å². The second kappa shape index (κ2) is 6.30. The molecule has 1 rings (SSSR count). The fraction of sp³-hybridized carbons (Fsp3) is 0.917. The van der Waals surface area contributed by atoms with Gasteiger partial charge in [0.1, 0.15) is 5.25 Å². The van der Waals surface area contributed by atoms with Crippen molar-refractivity contribution in [3.8, 4) is 0 Å². The van der Waals surface area contributed by atoms with Crippen LogP contribution in [0.15, 0.2) is 0 Å². The van der Waals surface area contributed by atoms with E-state index in [0.717, 1.165) is 19.3 Å². The Morgan fingerprint density at radius 2 is 1.83 bits per heavy atom. The molecule has 6 heteroatoms. The Bertz CT molecular complexity index is 393. The second-order valence-corrected chi connectivity index (χ2v) is 8.01. The Morgan fingerprint density at radius 3 is 2.33 bits per heavy atom. The van der Waals surface area contributed by atoms with E-state index >= 15 is 0 Å². The average molecular weight is 292 g/mol. The molecule has 1 fully saturated rings. The molecule has 0 aliphatic heterocycles. The Kier molecular flexibility index (Phi) is 5.55. The minimum atomic E-state index is -3.44. The third kappa shape index (κ3) is 3.90. The fourth-order valence-electron chi connectivity index (χ4n) is 2.57. The summed E-state index contributed by atoms with van der Waals surface area (Å²) < 4.78 is 27.1. The molecule has 0 aromatic carbocycles. The van der Waals surface area contributed by atoms with E-state index in [4.69, 9.17) is 18.0 Å². The van der Waals surface area contributed by atoms with Crippen molar-refractivity contribution in [1.82, 2.24) is 4.72 Å². The van der Waals surface area contributed by atoms with Crippen LogP contribution in [0, 0.1) is 11.8 Å². The predicted octanol–water partition coefficient (Wildman–Crippen LogP) is 1.80. The van der Waals surface area contributed by atoms with Crippen LogP contribution in [0.5, 0.6) is 0 Å². The fourth-order valence-corrected chi connectivity index (χ4v) is 4.17. The smallest absolute Gasteiger partial charge is 0.220 e. The minimum absolute atomic E-state index is 0.0272. The van der Waals surface area contributed by atoms with E-state index in [-0.39, 0.29) is 11.0 Å². The van der Waals surface area contributed by atoms with Crippen LogP contribution in [-0.2, 0) is 10.0 Å². The van der Waals surface area contributed by atoms with Gasteiger partial charge in [0.05, 0.1) is 4.99 Å². The summed E-state index contributed by atoms with van der Waals surface area (Å²) in [7, 11) is -3.44. The van der Waals surface area contributed by atoms with Gasteiger partial charge < -0.3 is 5.73 Å². The summed E-state index contributed by atoms with van der Waals surface area (Å²) in [6, 6.07) is 0.0283. The lowest BCUT2D eigenvalue weighted by Gasteiger charge is -2.35. The first-order valence-corrected chi connectivity index (χ1v) is 8.51. The maximum Gasteiger partial charge on any atom is 0.220 e. The molecule has 0 aromatic rings. The molecule has 18 heavy (non-hydrogen) atoms. The lowest BCUT2D eigenvalue weighted by molar-refractivity contribution is 0.226. The summed E-state index contributed by atoms with van der Waals surface area (Å²) in [5.74, 6) is 0.894. The molecular formula is C12H24N2O2S2. The van der Waals surface area contributed by atoms with Crippen molar-refractivity contribution in [2.75, 3.05) is 0 Å². The van der Waals surface area contributed by atoms with Crippen molar-refractivity contribution in [2.45, 2.75) is 57.7 Å². The highest BCUT2D eigenvalue weighted by atomic mass is 32.2. The van der Waals surface area contributed by atoms with Gasteiger partial charge in [0.15, 0.2) is 0 Å². The zero-order valence-electron chi connectivity index (χ0n) is 11.3. The topological polar surface area (TPSA) is 72.2 Å². The van der Waals surface area contributed by atoms with Gasteiger partial charge in [-0.25, -0.2) is 13.1 Å². The molecule has 3 N–H and O–H groups in total. The van der Waals surface area contributed by atoms with E-state index in [1.54, 1.807) is 0 Å². The second-order valence-electron chi connectivity index (χ2n) is 5.51. The third-order valence-corrected chi connectivity index (χ3v) is 6.18. The minimum Gasteiger partial charge on any atom is -0.392 e. The van der Waals surface area contributed by atoms with Crippen molar-refractivity contribution >= 4 is 27.2 Å². The predicted molar refractivity (Wildman–Crippen MR) is 78.9 cm³/mol. The summed E-state index contributed by atoms with van der Waals surface area (Å²) in [4.78, 5) is 0.0272. The summed E-state index contributed by atoms with van der Waals surface area (Å²) in [6.45, 7) is 5.83. The molecule has 0 amide bonds. The molecule has 0 bridgehead atoms. The van der Waals surface area contributed by atoms with E-state index < -0.39 is 15.3 Å². The highest BCUT2D eigenvalue weighted by Gasteiger charge is 2.33. The molecule has 0 saturated heterocycles. The zero-order valence-corrected chi connectivity index (χ0v) is 13.0. The molecule has 3 atom stereocenters. The molecule has 4 nitrogen and oxygen atoms in total. The lowest BCUT2D eigenvalue weighted by Crippen LogP contribution is -2.49. The van der Waals surface area contributed by atoms with E-state index in [9.17, 15) is 8.42 Å². The molecular weight excluding hydrogens is 268 g/mol. The van der Waals surface area contributed by atoms with E-state index in [1.165, 1.54) is 13.3 Å². The maximum atomic E-state index is 12.1. The third-order valence-electron chi connectivity index (χ3n) is 3.86. The van der Waals surface area contributed by atoms with Crippen molar-refractivity contribution in [3.05, 3.63) is 0 Å². The average Bonchev–Trinajstić information content (AvgIpc) is 2.27. The van der Waals surface area contributed by atoms with Crippen LogP contribution in [0.2, 0.25) is 0 Å². The standard InChI is InChI=1S/C12H24N2O2S2/c1-8(2)10-6-4-5-7-11(10)14-18(15,16)9(3)12(13)17/h8-11,14H,4-7H2,1-3H3,(H2,13,17). The number of thiocarbonyl (C=S) groups is 1. The molecule has 106 valence electrons. The van der Waals surface area contributed by atoms with Gasteiger partial charge in [0.25, 0.3) is 0 Å². The lowest BCUT2D eigenvalue weighted by atomic mass is 9.78. The highest BCUT2D eigenvalue weighted by Crippen LogP contribution is 2.30. The first kappa shape index (κ1) is 15.9. The van der Waals surface area contributed by atoms with Crippen LogP contribution in [0.25, 0.3) is 0 Å². The number of sulfonamides is 1. The first-order chi connectivity index (χ1) is 8.25. The number of rotatable bonds is 5. The molecule has 3 unspecified atom stereocenters. The molecule has 1 aliphatic rings. The molecule has 1 saturated carbocycles. The van der Waals surface area contributed by atoms with Gasteiger partial charge in [0.2, 0.25) is 10.0 Å².